The molecule has 0 unspecified atom stereocenters. The molecule has 0 spiro atoms. The Hall–Kier alpha value is -0.570. The Morgan fingerprint density at radius 2 is 1.81 bits per heavy atom. The molecule has 0 aliphatic heterocycles. The lowest BCUT2D eigenvalue weighted by Crippen LogP contribution is -2.33. The first kappa shape index (κ1) is 13.5. The normalized spacial score (nSPS) is 25.4. The number of nitrogens with one attached hydrogen (secondary N) is 1. The fourth-order valence-corrected chi connectivity index (χ4v) is 2.35. The molecule has 1 aliphatic rings. The van der Waals surface area contributed by atoms with Crippen molar-refractivity contribution in [2.45, 2.75) is 46.0 Å². The van der Waals surface area contributed by atoms with Crippen LogP contribution in [0, 0.1) is 11.8 Å². The zero-order valence-corrected chi connectivity index (χ0v) is 10.6. The third kappa shape index (κ3) is 4.97. The maximum Gasteiger partial charge on any atom is 0.246 e. The van der Waals surface area contributed by atoms with Crippen LogP contribution in [0.2, 0.25) is 0 Å². The van der Waals surface area contributed by atoms with Crippen molar-refractivity contribution < 1.29 is 9.53 Å². The van der Waals surface area contributed by atoms with Gasteiger partial charge in [-0.25, -0.2) is 0 Å². The Morgan fingerprint density at radius 3 is 2.38 bits per heavy atom. The van der Waals surface area contributed by atoms with Crippen LogP contribution in [0.3, 0.4) is 0 Å². The predicted octanol–water partition coefficient (Wildman–Crippen LogP) is 2.36. The van der Waals surface area contributed by atoms with E-state index in [0.29, 0.717) is 12.5 Å². The number of carbonyl (C=O) groups is 1. The molecular weight excluding hydrogens is 202 g/mol. The van der Waals surface area contributed by atoms with Gasteiger partial charge >= 0.3 is 0 Å². The average molecular weight is 227 g/mol. The van der Waals surface area contributed by atoms with E-state index in [-0.39, 0.29) is 12.5 Å². The quantitative estimate of drug-likeness (QED) is 0.756. The summed E-state index contributed by atoms with van der Waals surface area (Å²) in [6.07, 6.45) is 6.52. The van der Waals surface area contributed by atoms with Crippen molar-refractivity contribution in [1.82, 2.24) is 5.32 Å². The molecule has 3 heteroatoms. The SMILES string of the molecule is CCOCC(=O)NCC1CCC(CC)CC1. The van der Waals surface area contributed by atoms with Crippen LogP contribution in [0.5, 0.6) is 0 Å². The maximum absolute atomic E-state index is 11.3. The number of amides is 1. The summed E-state index contributed by atoms with van der Waals surface area (Å²) in [6, 6.07) is 0. The molecule has 1 aliphatic carbocycles. The Kier molecular flexibility index (Phi) is 6.46. The summed E-state index contributed by atoms with van der Waals surface area (Å²) in [7, 11) is 0. The van der Waals surface area contributed by atoms with Gasteiger partial charge in [-0.05, 0) is 31.6 Å². The number of carbonyl (C=O) groups excluding carboxylic acids is 1. The Morgan fingerprint density at radius 1 is 1.19 bits per heavy atom. The van der Waals surface area contributed by atoms with Gasteiger partial charge in [0.05, 0.1) is 0 Å². The van der Waals surface area contributed by atoms with E-state index >= 15 is 0 Å². The van der Waals surface area contributed by atoms with Gasteiger partial charge in [0, 0.05) is 13.2 Å². The largest absolute Gasteiger partial charge is 0.372 e. The lowest BCUT2D eigenvalue weighted by molar-refractivity contribution is -0.125. The number of ether oxygens (including phenoxy) is 1. The van der Waals surface area contributed by atoms with E-state index in [0.717, 1.165) is 12.5 Å². The van der Waals surface area contributed by atoms with E-state index in [4.69, 9.17) is 4.74 Å². The van der Waals surface area contributed by atoms with Gasteiger partial charge in [-0.2, -0.15) is 0 Å². The first-order valence-corrected chi connectivity index (χ1v) is 6.60. The summed E-state index contributed by atoms with van der Waals surface area (Å²) in [5.74, 6) is 1.64. The van der Waals surface area contributed by atoms with Gasteiger partial charge in [0.25, 0.3) is 0 Å². The van der Waals surface area contributed by atoms with Crippen LogP contribution in [0.1, 0.15) is 46.0 Å². The zero-order valence-electron chi connectivity index (χ0n) is 10.6. The Labute approximate surface area is 98.9 Å². The van der Waals surface area contributed by atoms with Crippen molar-refractivity contribution >= 4 is 5.91 Å². The molecule has 1 amide bonds. The molecule has 0 aromatic heterocycles. The van der Waals surface area contributed by atoms with E-state index in [1.165, 1.54) is 32.1 Å². The molecule has 0 saturated heterocycles. The third-order valence-electron chi connectivity index (χ3n) is 3.57. The predicted molar refractivity (Wildman–Crippen MR) is 65.2 cm³/mol. The van der Waals surface area contributed by atoms with E-state index in [9.17, 15) is 4.79 Å². The molecule has 1 fully saturated rings. The molecule has 0 heterocycles. The zero-order chi connectivity index (χ0) is 11.8. The van der Waals surface area contributed by atoms with E-state index in [1.807, 2.05) is 6.92 Å². The fourth-order valence-electron chi connectivity index (χ4n) is 2.35. The van der Waals surface area contributed by atoms with Crippen molar-refractivity contribution in [3.8, 4) is 0 Å². The highest BCUT2D eigenvalue weighted by molar-refractivity contribution is 5.77. The molecule has 16 heavy (non-hydrogen) atoms. The number of rotatable bonds is 6. The van der Waals surface area contributed by atoms with E-state index in [1.54, 1.807) is 0 Å². The lowest BCUT2D eigenvalue weighted by atomic mass is 9.81. The van der Waals surface area contributed by atoms with Gasteiger partial charge < -0.3 is 10.1 Å². The molecule has 0 aromatic rings. The molecule has 1 saturated carbocycles. The summed E-state index contributed by atoms with van der Waals surface area (Å²) in [4.78, 5) is 11.3. The van der Waals surface area contributed by atoms with Gasteiger partial charge in [0.15, 0.2) is 0 Å². The van der Waals surface area contributed by atoms with Gasteiger partial charge in [0.1, 0.15) is 6.61 Å². The topological polar surface area (TPSA) is 38.3 Å². The summed E-state index contributed by atoms with van der Waals surface area (Å²) in [5.41, 5.74) is 0. The van der Waals surface area contributed by atoms with Crippen LogP contribution >= 0.6 is 0 Å². The highest BCUT2D eigenvalue weighted by atomic mass is 16.5. The molecule has 3 nitrogen and oxygen atoms in total. The first-order chi connectivity index (χ1) is 7.76. The molecular formula is C13H25NO2. The molecule has 94 valence electrons. The summed E-state index contributed by atoms with van der Waals surface area (Å²) in [5, 5.41) is 2.96. The number of hydrogen-bond acceptors (Lipinski definition) is 2. The second kappa shape index (κ2) is 7.66. The average Bonchev–Trinajstić information content (AvgIpc) is 2.34. The van der Waals surface area contributed by atoms with Crippen LogP contribution < -0.4 is 5.32 Å². The van der Waals surface area contributed by atoms with Gasteiger partial charge in [0.2, 0.25) is 5.91 Å². The third-order valence-corrected chi connectivity index (χ3v) is 3.57. The molecule has 1 rings (SSSR count). The molecule has 0 aromatic carbocycles. The fraction of sp³-hybridized carbons (Fsp3) is 0.923. The van der Waals surface area contributed by atoms with Crippen molar-refractivity contribution in [3.63, 3.8) is 0 Å². The highest BCUT2D eigenvalue weighted by Crippen LogP contribution is 2.29. The van der Waals surface area contributed by atoms with E-state index < -0.39 is 0 Å². The van der Waals surface area contributed by atoms with Crippen molar-refractivity contribution in [1.29, 1.82) is 0 Å². The smallest absolute Gasteiger partial charge is 0.246 e. The van der Waals surface area contributed by atoms with Gasteiger partial charge in [-0.1, -0.05) is 26.2 Å². The molecule has 0 atom stereocenters. The molecule has 0 bridgehead atoms. The summed E-state index contributed by atoms with van der Waals surface area (Å²) in [6.45, 7) is 5.83. The summed E-state index contributed by atoms with van der Waals surface area (Å²) >= 11 is 0. The van der Waals surface area contributed by atoms with Crippen LogP contribution in [-0.2, 0) is 9.53 Å². The molecule has 1 N–H and O–H groups in total. The number of hydrogen-bond donors (Lipinski definition) is 1. The van der Waals surface area contributed by atoms with Crippen molar-refractivity contribution in [3.05, 3.63) is 0 Å². The second-order valence-electron chi connectivity index (χ2n) is 4.74. The van der Waals surface area contributed by atoms with Crippen LogP contribution in [0.4, 0.5) is 0 Å². The van der Waals surface area contributed by atoms with Gasteiger partial charge in [-0.3, -0.25) is 4.79 Å². The Bertz CT molecular complexity index is 198. The second-order valence-corrected chi connectivity index (χ2v) is 4.74. The minimum Gasteiger partial charge on any atom is -0.372 e. The minimum atomic E-state index is 0.0273. The highest BCUT2D eigenvalue weighted by Gasteiger charge is 2.20. The van der Waals surface area contributed by atoms with Crippen LogP contribution in [0.15, 0.2) is 0 Å². The van der Waals surface area contributed by atoms with Crippen LogP contribution in [-0.4, -0.2) is 25.7 Å². The minimum absolute atomic E-state index is 0.0273. The standard InChI is InChI=1S/C13H25NO2/c1-3-11-5-7-12(8-6-11)9-14-13(15)10-16-4-2/h11-12H,3-10H2,1-2H3,(H,14,15). The Balaban J connectivity index is 2.07. The monoisotopic (exact) mass is 227 g/mol. The summed E-state index contributed by atoms with van der Waals surface area (Å²) < 4.78 is 5.06. The van der Waals surface area contributed by atoms with Crippen molar-refractivity contribution in [2.24, 2.45) is 11.8 Å². The van der Waals surface area contributed by atoms with Crippen LogP contribution in [0.25, 0.3) is 0 Å². The van der Waals surface area contributed by atoms with Gasteiger partial charge in [-0.15, -0.1) is 0 Å². The lowest BCUT2D eigenvalue weighted by Gasteiger charge is -2.27. The van der Waals surface area contributed by atoms with Crippen molar-refractivity contribution in [2.75, 3.05) is 19.8 Å². The van der Waals surface area contributed by atoms with E-state index in [2.05, 4.69) is 12.2 Å². The first-order valence-electron chi connectivity index (χ1n) is 6.60. The molecule has 0 radical (unpaired) electrons. The maximum atomic E-state index is 11.3.